The van der Waals surface area contributed by atoms with Crippen LogP contribution < -0.4 is 10.6 Å². The van der Waals surface area contributed by atoms with Gasteiger partial charge in [-0.25, -0.2) is 0 Å². The second-order valence-electron chi connectivity index (χ2n) is 3.29. The van der Waals surface area contributed by atoms with Crippen molar-refractivity contribution in [2.45, 2.75) is 19.1 Å². The van der Waals surface area contributed by atoms with E-state index in [1.54, 1.807) is 12.0 Å². The minimum Gasteiger partial charge on any atom is -0.380 e. The third-order valence-corrected chi connectivity index (χ3v) is 1.99. The molecule has 0 saturated heterocycles. The summed E-state index contributed by atoms with van der Waals surface area (Å²) in [6.07, 6.45) is -0.148. The Hall–Kier alpha value is -0.850. The van der Waals surface area contributed by atoms with Gasteiger partial charge in [-0.05, 0) is 12.1 Å². The number of nitrogens with two attached hydrogens (primary N) is 1. The molecular formula is C8H17ClN4O2. The maximum atomic E-state index is 5.82. The van der Waals surface area contributed by atoms with Crippen molar-refractivity contribution >= 4 is 18.4 Å². The number of methoxy groups -OCH3 is 1. The highest BCUT2D eigenvalue weighted by atomic mass is 35.5. The summed E-state index contributed by atoms with van der Waals surface area (Å²) < 4.78 is 10.1. The molecule has 0 bridgehead atoms. The van der Waals surface area contributed by atoms with Gasteiger partial charge in [0.2, 0.25) is 5.89 Å². The van der Waals surface area contributed by atoms with Crippen LogP contribution in [0.1, 0.15) is 18.9 Å². The third-order valence-electron chi connectivity index (χ3n) is 1.99. The van der Waals surface area contributed by atoms with Crippen molar-refractivity contribution in [3.05, 3.63) is 5.89 Å². The van der Waals surface area contributed by atoms with E-state index in [1.165, 1.54) is 0 Å². The molecule has 0 aromatic carbocycles. The molecule has 2 atom stereocenters. The summed E-state index contributed by atoms with van der Waals surface area (Å²) in [7, 11) is 5.26. The first kappa shape index (κ1) is 14.2. The maximum absolute atomic E-state index is 5.82. The Morgan fingerprint density at radius 1 is 1.47 bits per heavy atom. The normalized spacial score (nSPS) is 14.2. The number of anilines is 1. The predicted molar refractivity (Wildman–Crippen MR) is 59.3 cm³/mol. The number of halogens is 1. The van der Waals surface area contributed by atoms with Gasteiger partial charge in [-0.2, -0.15) is 4.98 Å². The van der Waals surface area contributed by atoms with E-state index in [0.717, 1.165) is 0 Å². The van der Waals surface area contributed by atoms with Crippen LogP contribution in [0.25, 0.3) is 0 Å². The topological polar surface area (TPSA) is 77.4 Å². The van der Waals surface area contributed by atoms with Gasteiger partial charge in [-0.15, -0.1) is 12.4 Å². The van der Waals surface area contributed by atoms with E-state index in [1.807, 2.05) is 21.0 Å². The highest BCUT2D eigenvalue weighted by Crippen LogP contribution is 2.16. The summed E-state index contributed by atoms with van der Waals surface area (Å²) in [5, 5.41) is 3.76. The molecule has 1 rings (SSSR count). The fourth-order valence-electron chi connectivity index (χ4n) is 0.891. The van der Waals surface area contributed by atoms with E-state index in [0.29, 0.717) is 11.8 Å². The van der Waals surface area contributed by atoms with Gasteiger partial charge >= 0.3 is 0 Å². The second kappa shape index (κ2) is 5.89. The van der Waals surface area contributed by atoms with Gasteiger partial charge < -0.3 is 19.9 Å². The van der Waals surface area contributed by atoms with E-state index in [2.05, 4.69) is 10.1 Å². The molecule has 2 N–H and O–H groups in total. The average Bonchev–Trinajstić information content (AvgIpc) is 2.64. The van der Waals surface area contributed by atoms with Crippen LogP contribution in [-0.2, 0) is 4.74 Å². The molecular weight excluding hydrogens is 220 g/mol. The summed E-state index contributed by atoms with van der Waals surface area (Å²) in [5.41, 5.74) is 5.82. The summed E-state index contributed by atoms with van der Waals surface area (Å²) >= 11 is 0. The van der Waals surface area contributed by atoms with Crippen LogP contribution in [0.2, 0.25) is 0 Å². The van der Waals surface area contributed by atoms with Crippen LogP contribution in [0.15, 0.2) is 4.52 Å². The first-order valence-corrected chi connectivity index (χ1v) is 4.35. The van der Waals surface area contributed by atoms with Crippen molar-refractivity contribution in [2.75, 3.05) is 26.1 Å². The third kappa shape index (κ3) is 3.33. The van der Waals surface area contributed by atoms with E-state index in [4.69, 9.17) is 15.0 Å². The maximum Gasteiger partial charge on any atom is 0.265 e. The van der Waals surface area contributed by atoms with E-state index in [9.17, 15) is 0 Å². The molecule has 88 valence electrons. The number of rotatable bonds is 4. The molecule has 15 heavy (non-hydrogen) atoms. The van der Waals surface area contributed by atoms with Crippen LogP contribution in [0.4, 0.5) is 5.95 Å². The predicted octanol–water partition coefficient (Wildman–Crippen LogP) is 0.592. The molecule has 6 nitrogen and oxygen atoms in total. The zero-order valence-corrected chi connectivity index (χ0v) is 10.1. The van der Waals surface area contributed by atoms with Crippen molar-refractivity contribution in [3.63, 3.8) is 0 Å². The van der Waals surface area contributed by atoms with E-state index >= 15 is 0 Å². The fraction of sp³-hybridized carbons (Fsp3) is 0.750. The van der Waals surface area contributed by atoms with Crippen LogP contribution in [0, 0.1) is 0 Å². The summed E-state index contributed by atoms with van der Waals surface area (Å²) in [5.74, 6) is 0.904. The lowest BCUT2D eigenvalue weighted by Gasteiger charge is -2.13. The zero-order chi connectivity index (χ0) is 10.7. The number of aromatic nitrogens is 2. The molecule has 1 aromatic rings. The van der Waals surface area contributed by atoms with Gasteiger partial charge in [0.15, 0.2) is 0 Å². The van der Waals surface area contributed by atoms with Crippen molar-refractivity contribution < 1.29 is 9.26 Å². The Balaban J connectivity index is 0.00000196. The Kier molecular flexibility index (Phi) is 5.56. The lowest BCUT2D eigenvalue weighted by molar-refractivity contribution is 0.0848. The Morgan fingerprint density at radius 3 is 2.47 bits per heavy atom. The van der Waals surface area contributed by atoms with Crippen molar-refractivity contribution in [1.82, 2.24) is 10.1 Å². The van der Waals surface area contributed by atoms with Gasteiger partial charge in [0.1, 0.15) is 6.04 Å². The number of hydrogen-bond acceptors (Lipinski definition) is 6. The summed E-state index contributed by atoms with van der Waals surface area (Å²) in [4.78, 5) is 5.87. The quantitative estimate of drug-likeness (QED) is 0.825. The molecule has 1 aromatic heterocycles. The van der Waals surface area contributed by atoms with Gasteiger partial charge in [0.25, 0.3) is 5.95 Å². The molecule has 0 unspecified atom stereocenters. The number of hydrogen-bond donors (Lipinski definition) is 1. The average molecular weight is 237 g/mol. The molecule has 0 amide bonds. The van der Waals surface area contributed by atoms with Crippen LogP contribution in [0.3, 0.4) is 0 Å². The zero-order valence-electron chi connectivity index (χ0n) is 9.30. The van der Waals surface area contributed by atoms with Gasteiger partial charge in [-0.1, -0.05) is 0 Å². The number of ether oxygens (including phenoxy) is 1. The first-order chi connectivity index (χ1) is 6.56. The molecule has 0 radical (unpaired) electrons. The highest BCUT2D eigenvalue weighted by molar-refractivity contribution is 5.85. The van der Waals surface area contributed by atoms with Crippen LogP contribution in [0.5, 0.6) is 0 Å². The second-order valence-corrected chi connectivity index (χ2v) is 3.29. The highest BCUT2D eigenvalue weighted by Gasteiger charge is 2.21. The molecule has 0 fully saturated rings. The van der Waals surface area contributed by atoms with Crippen molar-refractivity contribution in [2.24, 2.45) is 5.73 Å². The Labute approximate surface area is 95.2 Å². The fourth-order valence-corrected chi connectivity index (χ4v) is 0.891. The lowest BCUT2D eigenvalue weighted by atomic mass is 10.2. The SMILES string of the molecule is CO[C@H](C)[C@H](N)c1nc(N(C)C)no1.Cl. The van der Waals surface area contributed by atoms with Crippen LogP contribution >= 0.6 is 12.4 Å². The lowest BCUT2D eigenvalue weighted by Crippen LogP contribution is -2.25. The standard InChI is InChI=1S/C8H16N4O2.ClH/c1-5(13-4)6(9)7-10-8(11-14-7)12(2)3;/h5-6H,9H2,1-4H3;1H/t5-,6+;/m1./s1. The first-order valence-electron chi connectivity index (χ1n) is 4.35. The molecule has 0 spiro atoms. The molecule has 0 saturated carbocycles. The molecule has 1 heterocycles. The van der Waals surface area contributed by atoms with Crippen molar-refractivity contribution in [1.29, 1.82) is 0 Å². The Morgan fingerprint density at radius 2 is 2.07 bits per heavy atom. The monoisotopic (exact) mass is 236 g/mol. The molecule has 0 aliphatic carbocycles. The van der Waals surface area contributed by atoms with Crippen molar-refractivity contribution in [3.8, 4) is 0 Å². The summed E-state index contributed by atoms with van der Waals surface area (Å²) in [6.45, 7) is 1.85. The van der Waals surface area contributed by atoms with Crippen LogP contribution in [-0.4, -0.2) is 37.4 Å². The van der Waals surface area contributed by atoms with E-state index in [-0.39, 0.29) is 24.6 Å². The molecule has 0 aliphatic heterocycles. The van der Waals surface area contributed by atoms with E-state index < -0.39 is 0 Å². The minimum absolute atomic E-state index is 0. The smallest absolute Gasteiger partial charge is 0.265 e. The van der Waals surface area contributed by atoms with Gasteiger partial charge in [-0.3, -0.25) is 0 Å². The summed E-state index contributed by atoms with van der Waals surface area (Å²) in [6, 6.07) is -0.388. The number of nitrogens with zero attached hydrogens (tertiary/aromatic N) is 3. The van der Waals surface area contributed by atoms with Gasteiger partial charge in [0.05, 0.1) is 6.10 Å². The Bertz CT molecular complexity index is 292. The molecule has 0 aliphatic rings. The largest absolute Gasteiger partial charge is 0.380 e. The minimum atomic E-state index is -0.388. The van der Waals surface area contributed by atoms with Gasteiger partial charge in [0, 0.05) is 21.2 Å². The molecule has 7 heteroatoms.